The van der Waals surface area contributed by atoms with Gasteiger partial charge < -0.3 is 4.98 Å². The number of hydrogen-bond acceptors (Lipinski definition) is 2. The van der Waals surface area contributed by atoms with Crippen LogP contribution in [0.25, 0.3) is 10.2 Å². The number of H-pyrrole nitrogens is 1. The summed E-state index contributed by atoms with van der Waals surface area (Å²) in [4.78, 5) is 12.9. The minimum Gasteiger partial charge on any atom is -0.349 e. The third kappa shape index (κ3) is 0.793. The second-order valence-corrected chi connectivity index (χ2v) is 3.05. The maximum atomic E-state index is 13.0. The highest BCUT2D eigenvalue weighted by molar-refractivity contribution is 7.17. The minimum absolute atomic E-state index is 0.0341. The Hall–Kier alpha value is -1.16. The number of hydrogen-bond donors (Lipinski definition) is 1. The topological polar surface area (TPSA) is 32.9 Å². The highest BCUT2D eigenvalue weighted by Crippen LogP contribution is 2.24. The predicted octanol–water partition coefficient (Wildman–Crippen LogP) is 2.18. The number of rotatable bonds is 1. The Morgan fingerprint density at radius 1 is 1.64 bits per heavy atom. The van der Waals surface area contributed by atoms with E-state index in [-0.39, 0.29) is 5.69 Å². The Balaban J connectivity index is 2.86. The number of carbonyl (C=O) groups is 1. The van der Waals surface area contributed by atoms with Crippen LogP contribution in [-0.2, 0) is 0 Å². The van der Waals surface area contributed by atoms with Crippen molar-refractivity contribution in [3.05, 3.63) is 23.0 Å². The number of aromatic nitrogens is 1. The van der Waals surface area contributed by atoms with Gasteiger partial charge >= 0.3 is 0 Å². The van der Waals surface area contributed by atoms with E-state index >= 15 is 0 Å². The van der Waals surface area contributed by atoms with E-state index in [0.717, 1.165) is 0 Å². The van der Waals surface area contributed by atoms with Crippen molar-refractivity contribution in [2.45, 2.75) is 0 Å². The molecule has 0 radical (unpaired) electrons. The van der Waals surface area contributed by atoms with Crippen LogP contribution in [0.1, 0.15) is 10.5 Å². The van der Waals surface area contributed by atoms with Crippen LogP contribution in [0.4, 0.5) is 4.39 Å². The van der Waals surface area contributed by atoms with Gasteiger partial charge in [0.15, 0.2) is 12.1 Å². The highest BCUT2D eigenvalue weighted by Gasteiger charge is 2.10. The first-order chi connectivity index (χ1) is 5.33. The van der Waals surface area contributed by atoms with Crippen LogP contribution >= 0.6 is 11.3 Å². The minimum atomic E-state index is -0.440. The Kier molecular flexibility index (Phi) is 1.29. The lowest BCUT2D eigenvalue weighted by Gasteiger charge is -1.79. The Morgan fingerprint density at radius 3 is 3.09 bits per heavy atom. The van der Waals surface area contributed by atoms with Gasteiger partial charge in [-0.3, -0.25) is 4.79 Å². The molecular formula is C7H4FNOS. The number of halogens is 1. The first kappa shape index (κ1) is 6.54. The van der Waals surface area contributed by atoms with Crippen LogP contribution in [-0.4, -0.2) is 11.3 Å². The zero-order chi connectivity index (χ0) is 7.84. The van der Waals surface area contributed by atoms with E-state index in [1.165, 1.54) is 11.3 Å². The Bertz CT molecular complexity index is 403. The molecule has 0 spiro atoms. The standard InChI is InChI=1S/C7H4FNOS/c8-6-5(3-10)9-4-1-2-11-7(4)6/h1-3,9H. The van der Waals surface area contributed by atoms with Crippen molar-refractivity contribution >= 4 is 27.8 Å². The summed E-state index contributed by atoms with van der Waals surface area (Å²) in [5, 5.41) is 1.78. The monoisotopic (exact) mass is 169 g/mol. The normalized spacial score (nSPS) is 10.6. The lowest BCUT2D eigenvalue weighted by atomic mass is 10.4. The molecule has 0 aromatic carbocycles. The van der Waals surface area contributed by atoms with Crippen molar-refractivity contribution in [2.75, 3.05) is 0 Å². The molecule has 0 saturated heterocycles. The lowest BCUT2D eigenvalue weighted by Crippen LogP contribution is -1.81. The molecule has 0 atom stereocenters. The van der Waals surface area contributed by atoms with Gasteiger partial charge in [-0.15, -0.1) is 11.3 Å². The molecule has 0 aliphatic heterocycles. The van der Waals surface area contributed by atoms with Gasteiger partial charge in [-0.2, -0.15) is 0 Å². The molecule has 2 heterocycles. The van der Waals surface area contributed by atoms with E-state index in [2.05, 4.69) is 4.98 Å². The van der Waals surface area contributed by atoms with Crippen LogP contribution < -0.4 is 0 Å². The van der Waals surface area contributed by atoms with E-state index in [4.69, 9.17) is 0 Å². The molecule has 56 valence electrons. The summed E-state index contributed by atoms with van der Waals surface area (Å²) < 4.78 is 13.5. The first-order valence-corrected chi connectivity index (χ1v) is 3.90. The summed E-state index contributed by atoms with van der Waals surface area (Å²) >= 11 is 1.28. The lowest BCUT2D eigenvalue weighted by molar-refractivity contribution is 0.111. The molecule has 0 fully saturated rings. The SMILES string of the molecule is O=Cc1[nH]c2ccsc2c1F. The van der Waals surface area contributed by atoms with Crippen LogP contribution in [0, 0.1) is 5.82 Å². The van der Waals surface area contributed by atoms with E-state index in [1.807, 2.05) is 0 Å². The maximum Gasteiger partial charge on any atom is 0.169 e. The predicted molar refractivity (Wildman–Crippen MR) is 41.5 cm³/mol. The van der Waals surface area contributed by atoms with Crippen LogP contribution in [0.2, 0.25) is 0 Å². The number of aromatic amines is 1. The molecule has 2 aromatic heterocycles. The number of fused-ring (bicyclic) bond motifs is 1. The molecule has 1 N–H and O–H groups in total. The van der Waals surface area contributed by atoms with Gasteiger partial charge in [-0.25, -0.2) is 4.39 Å². The molecule has 0 aliphatic rings. The molecule has 11 heavy (non-hydrogen) atoms. The van der Waals surface area contributed by atoms with Crippen LogP contribution in [0.5, 0.6) is 0 Å². The molecule has 2 nitrogen and oxygen atoms in total. The number of nitrogens with one attached hydrogen (secondary N) is 1. The molecule has 2 aromatic rings. The largest absolute Gasteiger partial charge is 0.349 e. The van der Waals surface area contributed by atoms with Gasteiger partial charge in [0.25, 0.3) is 0 Å². The van der Waals surface area contributed by atoms with Crippen LogP contribution in [0.3, 0.4) is 0 Å². The summed E-state index contributed by atoms with van der Waals surface area (Å²) in [6.45, 7) is 0. The molecule has 2 rings (SSSR count). The molecule has 0 unspecified atom stereocenters. The third-order valence-electron chi connectivity index (χ3n) is 1.49. The molecule has 4 heteroatoms. The van der Waals surface area contributed by atoms with Crippen molar-refractivity contribution in [3.63, 3.8) is 0 Å². The quantitative estimate of drug-likeness (QED) is 0.652. The molecular weight excluding hydrogens is 165 g/mol. The van der Waals surface area contributed by atoms with Gasteiger partial charge in [0, 0.05) is 0 Å². The van der Waals surface area contributed by atoms with E-state index in [0.29, 0.717) is 16.5 Å². The Morgan fingerprint density at radius 2 is 2.45 bits per heavy atom. The summed E-state index contributed by atoms with van der Waals surface area (Å²) in [7, 11) is 0. The molecule has 0 amide bonds. The fourth-order valence-corrected chi connectivity index (χ4v) is 1.78. The number of carbonyl (C=O) groups excluding carboxylic acids is 1. The summed E-state index contributed by atoms with van der Waals surface area (Å²) in [5.74, 6) is -0.440. The molecule has 0 aliphatic carbocycles. The second kappa shape index (κ2) is 2.17. The van der Waals surface area contributed by atoms with Gasteiger partial charge in [0.05, 0.1) is 10.2 Å². The fraction of sp³-hybridized carbons (Fsp3) is 0. The van der Waals surface area contributed by atoms with Gasteiger partial charge in [0.1, 0.15) is 5.69 Å². The molecule has 0 saturated carbocycles. The smallest absolute Gasteiger partial charge is 0.169 e. The maximum absolute atomic E-state index is 13.0. The van der Waals surface area contributed by atoms with Crippen LogP contribution in [0.15, 0.2) is 11.4 Å². The second-order valence-electron chi connectivity index (χ2n) is 2.13. The third-order valence-corrected chi connectivity index (χ3v) is 2.40. The van der Waals surface area contributed by atoms with Crippen molar-refractivity contribution in [3.8, 4) is 0 Å². The van der Waals surface area contributed by atoms with Gasteiger partial charge in [0.2, 0.25) is 0 Å². The average Bonchev–Trinajstić information content (AvgIpc) is 2.53. The van der Waals surface area contributed by atoms with Crippen molar-refractivity contribution in [1.82, 2.24) is 4.98 Å². The number of aldehydes is 1. The summed E-state index contributed by atoms with van der Waals surface area (Å²) in [6, 6.07) is 1.75. The van der Waals surface area contributed by atoms with E-state index in [9.17, 15) is 9.18 Å². The summed E-state index contributed by atoms with van der Waals surface area (Å²) in [6.07, 6.45) is 0.488. The van der Waals surface area contributed by atoms with E-state index < -0.39 is 5.82 Å². The van der Waals surface area contributed by atoms with E-state index in [1.54, 1.807) is 11.4 Å². The van der Waals surface area contributed by atoms with Gasteiger partial charge in [-0.05, 0) is 11.4 Å². The first-order valence-electron chi connectivity index (χ1n) is 3.03. The van der Waals surface area contributed by atoms with Crippen molar-refractivity contribution < 1.29 is 9.18 Å². The fourth-order valence-electron chi connectivity index (χ4n) is 0.981. The zero-order valence-electron chi connectivity index (χ0n) is 5.43. The van der Waals surface area contributed by atoms with Gasteiger partial charge in [-0.1, -0.05) is 0 Å². The average molecular weight is 169 g/mol. The summed E-state index contributed by atoms with van der Waals surface area (Å²) in [5.41, 5.74) is 0.724. The highest BCUT2D eigenvalue weighted by atomic mass is 32.1. The van der Waals surface area contributed by atoms with Crippen molar-refractivity contribution in [1.29, 1.82) is 0 Å². The van der Waals surface area contributed by atoms with Crippen molar-refractivity contribution in [2.24, 2.45) is 0 Å². The molecule has 0 bridgehead atoms. The zero-order valence-corrected chi connectivity index (χ0v) is 6.24. The Labute approximate surface area is 65.7 Å². The number of thiophene rings is 1.